The van der Waals surface area contributed by atoms with Crippen LogP contribution in [-0.2, 0) is 0 Å². The number of hydrogen-bond donors (Lipinski definition) is 0. The number of furan rings is 1. The van der Waals surface area contributed by atoms with E-state index in [0.29, 0.717) is 17.8 Å². The fourth-order valence-electron chi connectivity index (χ4n) is 1.94. The Morgan fingerprint density at radius 1 is 0.944 bits per heavy atom. The lowest BCUT2D eigenvalue weighted by molar-refractivity contribution is 0.110. The van der Waals surface area contributed by atoms with E-state index >= 15 is 0 Å². The summed E-state index contributed by atoms with van der Waals surface area (Å²) in [4.78, 5) is 10.6. The number of fused-ring (bicyclic) bond motifs is 1. The first-order valence-electron chi connectivity index (χ1n) is 5.51. The van der Waals surface area contributed by atoms with Crippen LogP contribution in [0.5, 0.6) is 0 Å². The lowest BCUT2D eigenvalue weighted by Crippen LogP contribution is -1.77. The summed E-state index contributed by atoms with van der Waals surface area (Å²) in [6, 6.07) is 15.7. The lowest BCUT2D eigenvalue weighted by Gasteiger charge is -2.02. The summed E-state index contributed by atoms with van der Waals surface area (Å²) >= 11 is 3.45. The molecule has 0 N–H and O–H groups in total. The van der Waals surface area contributed by atoms with E-state index in [1.54, 1.807) is 6.07 Å². The molecular formula is C15H9BrO2. The number of halogens is 1. The van der Waals surface area contributed by atoms with Gasteiger partial charge in [-0.15, -0.1) is 0 Å². The van der Waals surface area contributed by atoms with Crippen LogP contribution in [0.1, 0.15) is 10.6 Å². The Morgan fingerprint density at radius 3 is 2.50 bits per heavy atom. The number of rotatable bonds is 2. The molecule has 1 aromatic heterocycles. The number of carbonyl (C=O) groups excluding carboxylic acids is 1. The van der Waals surface area contributed by atoms with Crippen LogP contribution in [0, 0.1) is 0 Å². The fraction of sp³-hybridized carbons (Fsp3) is 0. The average Bonchev–Trinajstić information content (AvgIpc) is 2.87. The Kier molecular flexibility index (Phi) is 2.76. The minimum atomic E-state index is 0.348. The van der Waals surface area contributed by atoms with E-state index in [2.05, 4.69) is 28.1 Å². The van der Waals surface area contributed by atoms with Crippen LogP contribution in [0.15, 0.2) is 57.4 Å². The molecule has 0 bridgehead atoms. The van der Waals surface area contributed by atoms with Crippen molar-refractivity contribution in [2.24, 2.45) is 0 Å². The maximum absolute atomic E-state index is 10.6. The summed E-state index contributed by atoms with van der Waals surface area (Å²) in [5.74, 6) is 1.06. The highest BCUT2D eigenvalue weighted by molar-refractivity contribution is 9.10. The first kappa shape index (κ1) is 11.2. The molecule has 0 unspecified atom stereocenters. The second-order valence-corrected chi connectivity index (χ2v) is 4.94. The van der Waals surface area contributed by atoms with Gasteiger partial charge < -0.3 is 4.42 Å². The minimum Gasteiger partial charge on any atom is -0.453 e. The third-order valence-corrected chi connectivity index (χ3v) is 3.32. The predicted molar refractivity (Wildman–Crippen MR) is 74.7 cm³/mol. The molecule has 0 aliphatic carbocycles. The normalized spacial score (nSPS) is 10.7. The van der Waals surface area contributed by atoms with E-state index in [0.717, 1.165) is 20.8 Å². The fourth-order valence-corrected chi connectivity index (χ4v) is 2.32. The zero-order valence-electron chi connectivity index (χ0n) is 9.39. The van der Waals surface area contributed by atoms with Gasteiger partial charge in [0.1, 0.15) is 5.76 Å². The van der Waals surface area contributed by atoms with E-state index < -0.39 is 0 Å². The molecule has 0 amide bonds. The molecule has 3 heteroatoms. The molecule has 0 fully saturated rings. The summed E-state index contributed by atoms with van der Waals surface area (Å²) < 4.78 is 6.47. The number of aldehydes is 1. The Hall–Kier alpha value is -1.87. The van der Waals surface area contributed by atoms with Gasteiger partial charge >= 0.3 is 0 Å². The van der Waals surface area contributed by atoms with Gasteiger partial charge in [0.15, 0.2) is 12.0 Å². The molecule has 18 heavy (non-hydrogen) atoms. The summed E-state index contributed by atoms with van der Waals surface area (Å²) in [6.45, 7) is 0. The van der Waals surface area contributed by atoms with Gasteiger partial charge in [-0.25, -0.2) is 0 Å². The second-order valence-electron chi connectivity index (χ2n) is 4.03. The van der Waals surface area contributed by atoms with E-state index in [-0.39, 0.29) is 0 Å². The van der Waals surface area contributed by atoms with Gasteiger partial charge in [0.2, 0.25) is 0 Å². The van der Waals surface area contributed by atoms with Gasteiger partial charge in [0, 0.05) is 10.0 Å². The van der Waals surface area contributed by atoms with Crippen LogP contribution in [0.4, 0.5) is 0 Å². The molecule has 0 radical (unpaired) electrons. The molecule has 0 spiro atoms. The van der Waals surface area contributed by atoms with Gasteiger partial charge in [0.05, 0.1) is 0 Å². The Bertz CT molecular complexity index is 728. The molecule has 3 aromatic rings. The molecule has 3 rings (SSSR count). The minimum absolute atomic E-state index is 0.348. The van der Waals surface area contributed by atoms with Crippen molar-refractivity contribution in [1.82, 2.24) is 0 Å². The Morgan fingerprint density at radius 2 is 1.72 bits per heavy atom. The predicted octanol–water partition coefficient (Wildman–Crippen LogP) is 4.67. The standard InChI is InChI=1S/C15H9BrO2/c16-13-4-3-10-7-12(2-1-11(10)8-13)15-6-5-14(9-17)18-15/h1-9H. The number of benzene rings is 2. The molecule has 2 aromatic carbocycles. The molecule has 0 aliphatic heterocycles. The van der Waals surface area contributed by atoms with Crippen LogP contribution >= 0.6 is 15.9 Å². The van der Waals surface area contributed by atoms with Gasteiger partial charge in [-0.3, -0.25) is 4.79 Å². The molecule has 0 aliphatic rings. The van der Waals surface area contributed by atoms with E-state index in [1.807, 2.05) is 30.3 Å². The summed E-state index contributed by atoms with van der Waals surface area (Å²) in [5, 5.41) is 2.30. The second kappa shape index (κ2) is 4.42. The Balaban J connectivity index is 2.12. The highest BCUT2D eigenvalue weighted by Crippen LogP contribution is 2.27. The molecule has 0 saturated carbocycles. The van der Waals surface area contributed by atoms with Crippen molar-refractivity contribution < 1.29 is 9.21 Å². The summed E-state index contributed by atoms with van der Waals surface area (Å²) in [6.07, 6.45) is 0.710. The van der Waals surface area contributed by atoms with E-state index in [4.69, 9.17) is 4.42 Å². The maximum Gasteiger partial charge on any atom is 0.185 e. The van der Waals surface area contributed by atoms with Crippen LogP contribution in [-0.4, -0.2) is 6.29 Å². The molecule has 88 valence electrons. The van der Waals surface area contributed by atoms with Gasteiger partial charge in [-0.2, -0.15) is 0 Å². The van der Waals surface area contributed by atoms with Crippen LogP contribution in [0.25, 0.3) is 22.1 Å². The summed E-state index contributed by atoms with van der Waals surface area (Å²) in [5.41, 5.74) is 0.970. The van der Waals surface area contributed by atoms with Crippen LogP contribution in [0.2, 0.25) is 0 Å². The quantitative estimate of drug-likeness (QED) is 0.644. The Labute approximate surface area is 112 Å². The highest BCUT2D eigenvalue weighted by Gasteiger charge is 2.05. The van der Waals surface area contributed by atoms with Crippen molar-refractivity contribution in [3.05, 3.63) is 58.8 Å². The van der Waals surface area contributed by atoms with E-state index in [9.17, 15) is 4.79 Å². The monoisotopic (exact) mass is 300 g/mol. The van der Waals surface area contributed by atoms with E-state index in [1.165, 1.54) is 0 Å². The van der Waals surface area contributed by atoms with Crippen LogP contribution < -0.4 is 0 Å². The summed E-state index contributed by atoms with van der Waals surface area (Å²) in [7, 11) is 0. The lowest BCUT2D eigenvalue weighted by atomic mass is 10.1. The third kappa shape index (κ3) is 1.97. The first-order chi connectivity index (χ1) is 8.76. The largest absolute Gasteiger partial charge is 0.453 e. The topological polar surface area (TPSA) is 30.2 Å². The van der Waals surface area contributed by atoms with Crippen LogP contribution in [0.3, 0.4) is 0 Å². The molecular weight excluding hydrogens is 292 g/mol. The van der Waals surface area contributed by atoms with Gasteiger partial charge in [0.25, 0.3) is 0 Å². The van der Waals surface area contributed by atoms with Crippen molar-refractivity contribution >= 4 is 33.0 Å². The van der Waals surface area contributed by atoms with Crippen molar-refractivity contribution in [3.63, 3.8) is 0 Å². The molecule has 2 nitrogen and oxygen atoms in total. The van der Waals surface area contributed by atoms with Crippen molar-refractivity contribution in [1.29, 1.82) is 0 Å². The van der Waals surface area contributed by atoms with Crippen molar-refractivity contribution in [2.75, 3.05) is 0 Å². The van der Waals surface area contributed by atoms with Crippen molar-refractivity contribution in [2.45, 2.75) is 0 Å². The SMILES string of the molecule is O=Cc1ccc(-c2ccc3cc(Br)ccc3c2)o1. The van der Waals surface area contributed by atoms with Gasteiger partial charge in [-0.05, 0) is 41.1 Å². The molecule has 0 saturated heterocycles. The van der Waals surface area contributed by atoms with Crippen molar-refractivity contribution in [3.8, 4) is 11.3 Å². The van der Waals surface area contributed by atoms with Gasteiger partial charge in [-0.1, -0.05) is 34.1 Å². The maximum atomic E-state index is 10.6. The number of carbonyl (C=O) groups is 1. The molecule has 0 atom stereocenters. The zero-order valence-corrected chi connectivity index (χ0v) is 11.0. The third-order valence-electron chi connectivity index (χ3n) is 2.83. The number of hydrogen-bond acceptors (Lipinski definition) is 2. The smallest absolute Gasteiger partial charge is 0.185 e. The first-order valence-corrected chi connectivity index (χ1v) is 6.30. The highest BCUT2D eigenvalue weighted by atomic mass is 79.9. The average molecular weight is 301 g/mol. The zero-order chi connectivity index (χ0) is 12.5. The molecule has 1 heterocycles.